The highest BCUT2D eigenvalue weighted by Gasteiger charge is 2.31. The van der Waals surface area contributed by atoms with Crippen LogP contribution in [0, 0.1) is 11.3 Å². The number of methoxy groups -OCH3 is 1. The second-order valence-electron chi connectivity index (χ2n) is 7.06. The van der Waals surface area contributed by atoms with E-state index in [0.717, 1.165) is 19.0 Å². The van der Waals surface area contributed by atoms with Crippen molar-refractivity contribution in [1.29, 1.82) is 0 Å². The summed E-state index contributed by atoms with van der Waals surface area (Å²) in [5, 5.41) is 0. The molecule has 0 aromatic carbocycles. The van der Waals surface area contributed by atoms with Crippen LogP contribution in [0.4, 0.5) is 0 Å². The molecule has 118 valence electrons. The van der Waals surface area contributed by atoms with Gasteiger partial charge in [0.05, 0.1) is 7.11 Å². The van der Waals surface area contributed by atoms with E-state index in [-0.39, 0.29) is 6.04 Å². The number of hydrogen-bond acceptors (Lipinski definition) is 4. The van der Waals surface area contributed by atoms with Crippen molar-refractivity contribution in [3.8, 4) is 5.88 Å². The molecule has 1 aliphatic heterocycles. The Morgan fingerprint density at radius 1 is 1.33 bits per heavy atom. The third-order valence-electron chi connectivity index (χ3n) is 4.77. The fraction of sp³-hybridized carbons (Fsp3) is 0.706. The summed E-state index contributed by atoms with van der Waals surface area (Å²) in [5.41, 5.74) is 7.62. The van der Waals surface area contributed by atoms with E-state index in [1.807, 2.05) is 12.3 Å². The van der Waals surface area contributed by atoms with E-state index in [0.29, 0.717) is 17.8 Å². The quantitative estimate of drug-likeness (QED) is 0.927. The average molecular weight is 291 g/mol. The first-order chi connectivity index (χ1) is 9.95. The number of aromatic nitrogens is 1. The first-order valence-electron chi connectivity index (χ1n) is 7.89. The first kappa shape index (κ1) is 16.2. The van der Waals surface area contributed by atoms with E-state index in [1.165, 1.54) is 18.4 Å². The van der Waals surface area contributed by atoms with Crippen LogP contribution in [0.1, 0.15) is 45.2 Å². The lowest BCUT2D eigenvalue weighted by Gasteiger charge is -2.41. The van der Waals surface area contributed by atoms with Crippen molar-refractivity contribution >= 4 is 0 Å². The molecule has 0 spiro atoms. The average Bonchev–Trinajstić information content (AvgIpc) is 2.48. The molecule has 4 nitrogen and oxygen atoms in total. The van der Waals surface area contributed by atoms with E-state index in [2.05, 4.69) is 36.7 Å². The molecule has 0 bridgehead atoms. The molecule has 1 fully saturated rings. The SMILES string of the molecule is COc1ccc(C(CN)N2CCC(C(C)(C)C)CC2)cn1. The maximum Gasteiger partial charge on any atom is 0.212 e. The van der Waals surface area contributed by atoms with Crippen LogP contribution in [0.25, 0.3) is 0 Å². The monoisotopic (exact) mass is 291 g/mol. The highest BCUT2D eigenvalue weighted by molar-refractivity contribution is 5.21. The van der Waals surface area contributed by atoms with Gasteiger partial charge in [0.25, 0.3) is 0 Å². The van der Waals surface area contributed by atoms with Crippen molar-refractivity contribution in [2.75, 3.05) is 26.7 Å². The molecule has 1 aromatic heterocycles. The fourth-order valence-corrected chi connectivity index (χ4v) is 3.28. The molecule has 0 aliphatic carbocycles. The van der Waals surface area contributed by atoms with Crippen molar-refractivity contribution in [2.24, 2.45) is 17.1 Å². The summed E-state index contributed by atoms with van der Waals surface area (Å²) in [5.74, 6) is 1.46. The molecule has 1 unspecified atom stereocenters. The van der Waals surface area contributed by atoms with Crippen LogP contribution in [-0.4, -0.2) is 36.6 Å². The highest BCUT2D eigenvalue weighted by Crippen LogP contribution is 2.36. The number of rotatable bonds is 4. The van der Waals surface area contributed by atoms with Crippen LogP contribution >= 0.6 is 0 Å². The minimum Gasteiger partial charge on any atom is -0.481 e. The number of hydrogen-bond donors (Lipinski definition) is 1. The van der Waals surface area contributed by atoms with E-state index >= 15 is 0 Å². The Morgan fingerprint density at radius 2 is 2.00 bits per heavy atom. The molecule has 1 saturated heterocycles. The molecule has 0 radical (unpaired) electrons. The molecule has 21 heavy (non-hydrogen) atoms. The minimum atomic E-state index is 0.268. The van der Waals surface area contributed by atoms with Gasteiger partial charge in [-0.1, -0.05) is 26.8 Å². The van der Waals surface area contributed by atoms with E-state index in [9.17, 15) is 0 Å². The zero-order chi connectivity index (χ0) is 15.5. The van der Waals surface area contributed by atoms with Crippen molar-refractivity contribution < 1.29 is 4.74 Å². The Kier molecular flexibility index (Phi) is 5.22. The zero-order valence-electron chi connectivity index (χ0n) is 13.8. The van der Waals surface area contributed by atoms with Crippen LogP contribution in [0.5, 0.6) is 5.88 Å². The molecule has 1 aliphatic rings. The topological polar surface area (TPSA) is 51.4 Å². The van der Waals surface area contributed by atoms with E-state index in [4.69, 9.17) is 10.5 Å². The van der Waals surface area contributed by atoms with Gasteiger partial charge in [-0.15, -0.1) is 0 Å². The van der Waals surface area contributed by atoms with Gasteiger partial charge in [0.2, 0.25) is 5.88 Å². The van der Waals surface area contributed by atoms with Gasteiger partial charge < -0.3 is 10.5 Å². The second-order valence-corrected chi connectivity index (χ2v) is 7.06. The molecule has 4 heteroatoms. The van der Waals surface area contributed by atoms with Crippen LogP contribution in [0.2, 0.25) is 0 Å². The van der Waals surface area contributed by atoms with Crippen LogP contribution in [-0.2, 0) is 0 Å². The maximum atomic E-state index is 6.03. The number of nitrogens with two attached hydrogens (primary N) is 1. The largest absolute Gasteiger partial charge is 0.481 e. The normalized spacial score (nSPS) is 19.5. The fourth-order valence-electron chi connectivity index (χ4n) is 3.28. The standard InChI is InChI=1S/C17H29N3O/c1-17(2,3)14-7-9-20(10-8-14)15(11-18)13-5-6-16(21-4)19-12-13/h5-6,12,14-15H,7-11,18H2,1-4H3. The number of pyridine rings is 1. The Hall–Kier alpha value is -1.13. The third-order valence-corrected chi connectivity index (χ3v) is 4.77. The third kappa shape index (κ3) is 3.95. The van der Waals surface area contributed by atoms with Gasteiger partial charge >= 0.3 is 0 Å². The maximum absolute atomic E-state index is 6.03. The van der Waals surface area contributed by atoms with Crippen molar-refractivity contribution in [3.05, 3.63) is 23.9 Å². The van der Waals surface area contributed by atoms with Crippen LogP contribution < -0.4 is 10.5 Å². The lowest BCUT2D eigenvalue weighted by atomic mass is 9.75. The predicted octanol–water partition coefficient (Wildman–Crippen LogP) is 2.85. The van der Waals surface area contributed by atoms with E-state index in [1.54, 1.807) is 7.11 Å². The Bertz CT molecular complexity index is 430. The van der Waals surface area contributed by atoms with Gasteiger partial charge in [-0.05, 0) is 42.8 Å². The van der Waals surface area contributed by atoms with Crippen LogP contribution in [0.15, 0.2) is 18.3 Å². The summed E-state index contributed by atoms with van der Waals surface area (Å²) in [6.45, 7) is 9.92. The predicted molar refractivity (Wildman–Crippen MR) is 86.3 cm³/mol. The summed E-state index contributed by atoms with van der Waals surface area (Å²) in [6, 6.07) is 4.27. The Labute approximate surface area is 128 Å². The molecule has 1 atom stereocenters. The summed E-state index contributed by atoms with van der Waals surface area (Å²) in [4.78, 5) is 6.82. The van der Waals surface area contributed by atoms with Crippen molar-refractivity contribution in [2.45, 2.75) is 39.7 Å². The molecule has 2 N–H and O–H groups in total. The number of likely N-dealkylation sites (tertiary alicyclic amines) is 1. The molecule has 2 heterocycles. The highest BCUT2D eigenvalue weighted by atomic mass is 16.5. The molecule has 0 amide bonds. The second kappa shape index (κ2) is 6.75. The van der Waals surface area contributed by atoms with Crippen molar-refractivity contribution in [3.63, 3.8) is 0 Å². The Balaban J connectivity index is 2.02. The van der Waals surface area contributed by atoms with Gasteiger partial charge in [0, 0.05) is 24.8 Å². The number of nitrogens with zero attached hydrogens (tertiary/aromatic N) is 2. The van der Waals surface area contributed by atoms with E-state index < -0.39 is 0 Å². The molecular weight excluding hydrogens is 262 g/mol. The summed E-state index contributed by atoms with van der Waals surface area (Å²) >= 11 is 0. The molecule has 2 rings (SSSR count). The first-order valence-corrected chi connectivity index (χ1v) is 7.89. The summed E-state index contributed by atoms with van der Waals surface area (Å²) in [7, 11) is 1.64. The van der Waals surface area contributed by atoms with Crippen molar-refractivity contribution in [1.82, 2.24) is 9.88 Å². The molecule has 1 aromatic rings. The zero-order valence-corrected chi connectivity index (χ0v) is 13.8. The Morgan fingerprint density at radius 3 is 2.43 bits per heavy atom. The number of piperidine rings is 1. The van der Waals surface area contributed by atoms with Gasteiger partial charge in [-0.25, -0.2) is 4.98 Å². The van der Waals surface area contributed by atoms with Crippen LogP contribution in [0.3, 0.4) is 0 Å². The smallest absolute Gasteiger partial charge is 0.212 e. The lowest BCUT2D eigenvalue weighted by molar-refractivity contribution is 0.0845. The summed E-state index contributed by atoms with van der Waals surface area (Å²) < 4.78 is 5.12. The molecule has 0 saturated carbocycles. The molecular formula is C17H29N3O. The van der Waals surface area contributed by atoms with Gasteiger partial charge in [0.15, 0.2) is 0 Å². The lowest BCUT2D eigenvalue weighted by Crippen LogP contribution is -2.42. The van der Waals surface area contributed by atoms with Gasteiger partial charge in [-0.3, -0.25) is 4.90 Å². The van der Waals surface area contributed by atoms with Gasteiger partial charge in [0.1, 0.15) is 0 Å². The van der Waals surface area contributed by atoms with Gasteiger partial charge in [-0.2, -0.15) is 0 Å². The summed E-state index contributed by atoms with van der Waals surface area (Å²) in [6.07, 6.45) is 4.40. The minimum absolute atomic E-state index is 0.268. The number of ether oxygens (including phenoxy) is 1.